The molecule has 1 aliphatic heterocycles. The van der Waals surface area contributed by atoms with Gasteiger partial charge in [-0.05, 0) is 57.2 Å². The van der Waals surface area contributed by atoms with Gasteiger partial charge in [-0.15, -0.1) is 0 Å². The fraction of sp³-hybridized carbons (Fsp3) is 0.381. The second kappa shape index (κ2) is 7.69. The maximum atomic E-state index is 12.7. The monoisotopic (exact) mass is 389 g/mol. The van der Waals surface area contributed by atoms with E-state index in [0.717, 1.165) is 17.1 Å². The smallest absolute Gasteiger partial charge is 0.261 e. The highest BCUT2D eigenvalue weighted by atomic mass is 35.5. The molecule has 2 atom stereocenters. The van der Waals surface area contributed by atoms with E-state index in [0.29, 0.717) is 17.2 Å². The molecule has 0 bridgehead atoms. The predicted molar refractivity (Wildman–Crippen MR) is 105 cm³/mol. The largest absolute Gasteiger partial charge is 0.497 e. The maximum absolute atomic E-state index is 12.7. The average Bonchev–Trinajstić information content (AvgIpc) is 2.62. The van der Waals surface area contributed by atoms with E-state index in [1.165, 1.54) is 0 Å². The average molecular weight is 390 g/mol. The number of fused-ring (bicyclic) bond motifs is 1. The Hall–Kier alpha value is -2.40. The Labute approximate surface area is 164 Å². The van der Waals surface area contributed by atoms with E-state index in [4.69, 9.17) is 25.8 Å². The Balaban J connectivity index is 1.74. The number of hydrogen-bond donors (Lipinski definition) is 1. The van der Waals surface area contributed by atoms with Crippen LogP contribution in [-0.2, 0) is 4.79 Å². The minimum Gasteiger partial charge on any atom is -0.497 e. The lowest BCUT2D eigenvalue weighted by Gasteiger charge is -2.38. The molecule has 3 rings (SSSR count). The van der Waals surface area contributed by atoms with Crippen LogP contribution in [0.3, 0.4) is 0 Å². The number of methoxy groups -OCH3 is 1. The summed E-state index contributed by atoms with van der Waals surface area (Å²) in [6.07, 6.45) is 0.0185. The molecule has 0 radical (unpaired) electrons. The molecule has 0 aromatic heterocycles. The number of carbonyl (C=O) groups excluding carboxylic acids is 1. The minimum absolute atomic E-state index is 0.168. The summed E-state index contributed by atoms with van der Waals surface area (Å²) >= 11 is 5.88. The van der Waals surface area contributed by atoms with Crippen molar-refractivity contribution < 1.29 is 19.0 Å². The first-order valence-corrected chi connectivity index (χ1v) is 9.25. The molecule has 0 saturated heterocycles. The van der Waals surface area contributed by atoms with E-state index in [-0.39, 0.29) is 11.9 Å². The summed E-state index contributed by atoms with van der Waals surface area (Å²) < 4.78 is 17.1. The Morgan fingerprint density at radius 1 is 1.22 bits per heavy atom. The molecule has 1 heterocycles. The Morgan fingerprint density at radius 3 is 2.56 bits per heavy atom. The highest BCUT2D eigenvalue weighted by molar-refractivity contribution is 6.30. The van der Waals surface area contributed by atoms with Gasteiger partial charge in [0.15, 0.2) is 6.10 Å². The van der Waals surface area contributed by atoms with E-state index in [9.17, 15) is 4.79 Å². The van der Waals surface area contributed by atoms with Gasteiger partial charge in [0.25, 0.3) is 5.91 Å². The lowest BCUT2D eigenvalue weighted by molar-refractivity contribution is -0.128. The van der Waals surface area contributed by atoms with E-state index < -0.39 is 11.7 Å². The lowest BCUT2D eigenvalue weighted by atomic mass is 9.89. The third-order valence-corrected chi connectivity index (χ3v) is 4.74. The summed E-state index contributed by atoms with van der Waals surface area (Å²) in [7, 11) is 1.62. The van der Waals surface area contributed by atoms with Crippen molar-refractivity contribution in [3.63, 3.8) is 0 Å². The number of carbonyl (C=O) groups is 1. The second-order valence-electron chi connectivity index (χ2n) is 7.24. The number of ether oxygens (including phenoxy) is 3. The Morgan fingerprint density at radius 2 is 1.89 bits per heavy atom. The first-order chi connectivity index (χ1) is 12.8. The molecular weight excluding hydrogens is 366 g/mol. The predicted octanol–water partition coefficient (Wildman–Crippen LogP) is 4.53. The highest BCUT2D eigenvalue weighted by Gasteiger charge is 2.35. The zero-order chi connectivity index (χ0) is 19.6. The van der Waals surface area contributed by atoms with Crippen LogP contribution in [0.2, 0.25) is 5.02 Å². The van der Waals surface area contributed by atoms with Crippen molar-refractivity contribution in [1.29, 1.82) is 0 Å². The van der Waals surface area contributed by atoms with E-state index in [2.05, 4.69) is 5.32 Å². The molecular formula is C21H24ClNO4. The van der Waals surface area contributed by atoms with Crippen molar-refractivity contribution in [2.45, 2.75) is 44.9 Å². The highest BCUT2D eigenvalue weighted by Crippen LogP contribution is 2.41. The maximum Gasteiger partial charge on any atom is 0.261 e. The molecule has 0 unspecified atom stereocenters. The van der Waals surface area contributed by atoms with Crippen LogP contribution in [0.25, 0.3) is 0 Å². The third kappa shape index (κ3) is 4.66. The topological polar surface area (TPSA) is 56.8 Å². The number of hydrogen-bond acceptors (Lipinski definition) is 4. The van der Waals surface area contributed by atoms with Gasteiger partial charge in [-0.3, -0.25) is 4.79 Å². The van der Waals surface area contributed by atoms with Gasteiger partial charge in [-0.25, -0.2) is 0 Å². The molecule has 2 aromatic rings. The van der Waals surface area contributed by atoms with Crippen LogP contribution >= 0.6 is 11.6 Å². The zero-order valence-electron chi connectivity index (χ0n) is 15.9. The molecule has 0 spiro atoms. The summed E-state index contributed by atoms with van der Waals surface area (Å²) in [4.78, 5) is 12.7. The van der Waals surface area contributed by atoms with Crippen LogP contribution in [-0.4, -0.2) is 24.7 Å². The molecule has 144 valence electrons. The van der Waals surface area contributed by atoms with E-state index in [1.54, 1.807) is 38.3 Å². The van der Waals surface area contributed by atoms with Gasteiger partial charge in [-0.2, -0.15) is 0 Å². The Kier molecular flexibility index (Phi) is 5.51. The zero-order valence-corrected chi connectivity index (χ0v) is 16.7. The quantitative estimate of drug-likeness (QED) is 0.815. The summed E-state index contributed by atoms with van der Waals surface area (Å²) in [5, 5.41) is 3.71. The van der Waals surface area contributed by atoms with E-state index in [1.807, 2.05) is 32.0 Å². The molecule has 0 fully saturated rings. The molecule has 1 aliphatic rings. The Bertz CT molecular complexity index is 819. The summed E-state index contributed by atoms with van der Waals surface area (Å²) in [5.41, 5.74) is 0.527. The van der Waals surface area contributed by atoms with Crippen molar-refractivity contribution in [2.24, 2.45) is 0 Å². The number of halogens is 1. The van der Waals surface area contributed by atoms with Crippen molar-refractivity contribution in [1.82, 2.24) is 5.32 Å². The summed E-state index contributed by atoms with van der Waals surface area (Å²) in [6, 6.07) is 12.4. The molecule has 27 heavy (non-hydrogen) atoms. The number of nitrogens with one attached hydrogen (secondary N) is 1. The molecule has 1 N–H and O–H groups in total. The van der Waals surface area contributed by atoms with Gasteiger partial charge < -0.3 is 19.5 Å². The first-order valence-electron chi connectivity index (χ1n) is 8.87. The van der Waals surface area contributed by atoms with Crippen LogP contribution in [0.4, 0.5) is 0 Å². The van der Waals surface area contributed by atoms with Gasteiger partial charge in [-0.1, -0.05) is 11.6 Å². The van der Waals surface area contributed by atoms with Crippen molar-refractivity contribution >= 4 is 17.5 Å². The second-order valence-corrected chi connectivity index (χ2v) is 7.68. The third-order valence-electron chi connectivity index (χ3n) is 4.49. The standard InChI is InChI=1S/C21H24ClNO4/c1-13(26-15-7-5-14(22)6-8-15)20(24)23-18-12-21(2,3)27-19-11-16(25-4)9-10-17(18)19/h5-11,13,18H,12H2,1-4H3,(H,23,24)/t13-,18-/m0/s1. The fourth-order valence-corrected chi connectivity index (χ4v) is 3.27. The number of amides is 1. The molecule has 2 aromatic carbocycles. The lowest BCUT2D eigenvalue weighted by Crippen LogP contribution is -2.44. The normalized spacial score (nSPS) is 18.6. The minimum atomic E-state index is -0.640. The molecule has 6 heteroatoms. The first kappa shape index (κ1) is 19.4. The van der Waals surface area contributed by atoms with Crippen LogP contribution in [0.1, 0.15) is 38.8 Å². The van der Waals surface area contributed by atoms with Gasteiger partial charge in [0.1, 0.15) is 22.8 Å². The van der Waals surface area contributed by atoms with Gasteiger partial charge in [0.2, 0.25) is 0 Å². The van der Waals surface area contributed by atoms with E-state index >= 15 is 0 Å². The van der Waals surface area contributed by atoms with Gasteiger partial charge >= 0.3 is 0 Å². The summed E-state index contributed by atoms with van der Waals surface area (Å²) in [5.74, 6) is 1.85. The van der Waals surface area contributed by atoms with Crippen molar-refractivity contribution in [3.8, 4) is 17.2 Å². The van der Waals surface area contributed by atoms with Gasteiger partial charge in [0, 0.05) is 23.1 Å². The number of benzene rings is 2. The SMILES string of the molecule is COc1ccc2c(c1)OC(C)(C)C[C@@H]2NC(=O)[C@H](C)Oc1ccc(Cl)cc1. The van der Waals surface area contributed by atoms with Crippen LogP contribution in [0.5, 0.6) is 17.2 Å². The fourth-order valence-electron chi connectivity index (χ4n) is 3.15. The van der Waals surface area contributed by atoms with Crippen LogP contribution in [0.15, 0.2) is 42.5 Å². The van der Waals surface area contributed by atoms with Gasteiger partial charge in [0.05, 0.1) is 13.2 Å². The molecule has 0 saturated carbocycles. The molecule has 0 aliphatic carbocycles. The summed E-state index contributed by atoms with van der Waals surface area (Å²) in [6.45, 7) is 5.73. The molecule has 5 nitrogen and oxygen atoms in total. The molecule has 1 amide bonds. The van der Waals surface area contributed by atoms with Crippen LogP contribution < -0.4 is 19.5 Å². The van der Waals surface area contributed by atoms with Crippen molar-refractivity contribution in [2.75, 3.05) is 7.11 Å². The van der Waals surface area contributed by atoms with Crippen LogP contribution in [0, 0.1) is 0 Å². The number of rotatable bonds is 5. The van der Waals surface area contributed by atoms with Crippen molar-refractivity contribution in [3.05, 3.63) is 53.1 Å².